The zero-order chi connectivity index (χ0) is 11.0. The number of nitrogens with one attached hydrogen (secondary N) is 1. The molecule has 0 bridgehead atoms. The second-order valence-corrected chi connectivity index (χ2v) is 6.02. The SMILES string of the molecule is Brc1cccc2c1CC(CNC1CC1)CC2. The summed E-state index contributed by atoms with van der Waals surface area (Å²) in [5, 5.41) is 3.66. The van der Waals surface area contributed by atoms with Crippen LogP contribution in [0.3, 0.4) is 0 Å². The van der Waals surface area contributed by atoms with Crippen LogP contribution >= 0.6 is 15.9 Å². The smallest absolute Gasteiger partial charge is 0.0210 e. The molecule has 86 valence electrons. The van der Waals surface area contributed by atoms with Gasteiger partial charge >= 0.3 is 0 Å². The molecule has 1 nitrogen and oxygen atoms in total. The Morgan fingerprint density at radius 3 is 2.94 bits per heavy atom. The highest BCUT2D eigenvalue weighted by atomic mass is 79.9. The van der Waals surface area contributed by atoms with Gasteiger partial charge in [-0.1, -0.05) is 28.1 Å². The lowest BCUT2D eigenvalue weighted by molar-refractivity contribution is 0.422. The van der Waals surface area contributed by atoms with Gasteiger partial charge in [-0.3, -0.25) is 0 Å². The highest BCUT2D eigenvalue weighted by Gasteiger charge is 2.24. The zero-order valence-electron chi connectivity index (χ0n) is 9.51. The Kier molecular flexibility index (Phi) is 3.03. The Balaban J connectivity index is 1.67. The molecule has 1 N–H and O–H groups in total. The van der Waals surface area contributed by atoms with Gasteiger partial charge in [0, 0.05) is 10.5 Å². The first-order valence-electron chi connectivity index (χ1n) is 6.32. The summed E-state index contributed by atoms with van der Waals surface area (Å²) in [6.45, 7) is 1.21. The average molecular weight is 280 g/mol. The van der Waals surface area contributed by atoms with Crippen molar-refractivity contribution >= 4 is 15.9 Å². The lowest BCUT2D eigenvalue weighted by Crippen LogP contribution is -2.28. The van der Waals surface area contributed by atoms with Gasteiger partial charge in [-0.25, -0.2) is 0 Å². The summed E-state index contributed by atoms with van der Waals surface area (Å²) in [4.78, 5) is 0. The van der Waals surface area contributed by atoms with Crippen LogP contribution in [0.5, 0.6) is 0 Å². The monoisotopic (exact) mass is 279 g/mol. The molecule has 3 rings (SSSR count). The van der Waals surface area contributed by atoms with Crippen molar-refractivity contribution in [2.75, 3.05) is 6.54 Å². The van der Waals surface area contributed by atoms with Crippen LogP contribution < -0.4 is 5.32 Å². The number of halogens is 1. The van der Waals surface area contributed by atoms with Gasteiger partial charge in [-0.15, -0.1) is 0 Å². The van der Waals surface area contributed by atoms with Crippen molar-refractivity contribution in [1.29, 1.82) is 0 Å². The third kappa shape index (κ3) is 2.33. The van der Waals surface area contributed by atoms with Crippen molar-refractivity contribution in [2.24, 2.45) is 5.92 Å². The van der Waals surface area contributed by atoms with Crippen LogP contribution in [0.2, 0.25) is 0 Å². The fraction of sp³-hybridized carbons (Fsp3) is 0.571. The van der Waals surface area contributed by atoms with E-state index in [-0.39, 0.29) is 0 Å². The molecule has 2 heteroatoms. The second kappa shape index (κ2) is 4.50. The number of hydrogen-bond donors (Lipinski definition) is 1. The molecule has 0 aliphatic heterocycles. The van der Waals surface area contributed by atoms with Gasteiger partial charge in [0.25, 0.3) is 0 Å². The number of aryl methyl sites for hydroxylation is 1. The summed E-state index contributed by atoms with van der Waals surface area (Å²) in [5.41, 5.74) is 3.10. The van der Waals surface area contributed by atoms with Crippen molar-refractivity contribution < 1.29 is 0 Å². The molecule has 0 radical (unpaired) electrons. The molecule has 0 aromatic heterocycles. The maximum atomic E-state index is 3.68. The maximum Gasteiger partial charge on any atom is 0.0210 e. The predicted octanol–water partition coefficient (Wildman–Crippen LogP) is 3.31. The summed E-state index contributed by atoms with van der Waals surface area (Å²) < 4.78 is 1.31. The first-order chi connectivity index (χ1) is 7.83. The Morgan fingerprint density at radius 1 is 1.25 bits per heavy atom. The third-order valence-corrected chi connectivity index (χ3v) is 4.55. The van der Waals surface area contributed by atoms with Crippen LogP contribution in [0, 0.1) is 5.92 Å². The first kappa shape index (κ1) is 10.8. The predicted molar refractivity (Wildman–Crippen MR) is 70.7 cm³/mol. The van der Waals surface area contributed by atoms with Crippen molar-refractivity contribution in [3.05, 3.63) is 33.8 Å². The largest absolute Gasteiger partial charge is 0.314 e. The highest BCUT2D eigenvalue weighted by molar-refractivity contribution is 9.10. The highest BCUT2D eigenvalue weighted by Crippen LogP contribution is 2.31. The molecule has 0 amide bonds. The van der Waals surface area contributed by atoms with Crippen LogP contribution in [0.15, 0.2) is 22.7 Å². The van der Waals surface area contributed by atoms with E-state index < -0.39 is 0 Å². The quantitative estimate of drug-likeness (QED) is 0.895. The first-order valence-corrected chi connectivity index (χ1v) is 7.12. The lowest BCUT2D eigenvalue weighted by atomic mass is 9.84. The fourth-order valence-electron chi connectivity index (χ4n) is 2.61. The Morgan fingerprint density at radius 2 is 2.12 bits per heavy atom. The number of fused-ring (bicyclic) bond motifs is 1. The van der Waals surface area contributed by atoms with E-state index in [1.807, 2.05) is 0 Å². The molecular weight excluding hydrogens is 262 g/mol. The van der Waals surface area contributed by atoms with Gasteiger partial charge in [-0.05, 0) is 61.8 Å². The molecule has 2 aliphatic rings. The summed E-state index contributed by atoms with van der Waals surface area (Å²) in [5.74, 6) is 0.840. The van der Waals surface area contributed by atoms with Crippen LogP contribution in [-0.2, 0) is 12.8 Å². The van der Waals surface area contributed by atoms with E-state index in [1.165, 1.54) is 43.1 Å². The molecule has 0 saturated heterocycles. The van der Waals surface area contributed by atoms with Crippen molar-refractivity contribution in [3.63, 3.8) is 0 Å². The summed E-state index contributed by atoms with van der Waals surface area (Å²) in [7, 11) is 0. The fourth-order valence-corrected chi connectivity index (χ4v) is 3.18. The van der Waals surface area contributed by atoms with Gasteiger partial charge in [0.2, 0.25) is 0 Å². The van der Waals surface area contributed by atoms with Gasteiger partial charge in [0.15, 0.2) is 0 Å². The molecule has 1 aromatic rings. The molecule has 1 fully saturated rings. The second-order valence-electron chi connectivity index (χ2n) is 5.17. The van der Waals surface area contributed by atoms with E-state index in [2.05, 4.69) is 39.4 Å². The molecule has 2 aliphatic carbocycles. The maximum absolute atomic E-state index is 3.68. The summed E-state index contributed by atoms with van der Waals surface area (Å²) in [6, 6.07) is 7.46. The normalized spacial score (nSPS) is 24.2. The van der Waals surface area contributed by atoms with E-state index in [0.29, 0.717) is 0 Å². The van der Waals surface area contributed by atoms with Crippen LogP contribution in [0.1, 0.15) is 30.4 Å². The van der Waals surface area contributed by atoms with Crippen molar-refractivity contribution in [2.45, 2.75) is 38.1 Å². The van der Waals surface area contributed by atoms with Crippen molar-refractivity contribution in [3.8, 4) is 0 Å². The van der Waals surface area contributed by atoms with E-state index in [9.17, 15) is 0 Å². The van der Waals surface area contributed by atoms with Crippen LogP contribution in [0.25, 0.3) is 0 Å². The van der Waals surface area contributed by atoms with Crippen molar-refractivity contribution in [1.82, 2.24) is 5.32 Å². The lowest BCUT2D eigenvalue weighted by Gasteiger charge is -2.25. The van der Waals surface area contributed by atoms with E-state index in [1.54, 1.807) is 11.1 Å². The topological polar surface area (TPSA) is 12.0 Å². The Bertz CT molecular complexity index is 384. The van der Waals surface area contributed by atoms with E-state index >= 15 is 0 Å². The molecule has 1 unspecified atom stereocenters. The molecule has 0 spiro atoms. The molecule has 1 aromatic carbocycles. The standard InChI is InChI=1S/C14H18BrN/c15-14-3-1-2-11-5-4-10(8-13(11)14)9-16-12-6-7-12/h1-3,10,12,16H,4-9H2. The van der Waals surface area contributed by atoms with Crippen LogP contribution in [-0.4, -0.2) is 12.6 Å². The molecule has 1 saturated carbocycles. The number of benzene rings is 1. The molecule has 1 atom stereocenters. The summed E-state index contributed by atoms with van der Waals surface area (Å²) >= 11 is 3.68. The third-order valence-electron chi connectivity index (χ3n) is 3.80. The number of hydrogen-bond acceptors (Lipinski definition) is 1. The number of rotatable bonds is 3. The van der Waals surface area contributed by atoms with Gasteiger partial charge in [0.1, 0.15) is 0 Å². The van der Waals surface area contributed by atoms with E-state index in [4.69, 9.17) is 0 Å². The minimum absolute atomic E-state index is 0.840. The summed E-state index contributed by atoms with van der Waals surface area (Å²) in [6.07, 6.45) is 6.64. The molecular formula is C14H18BrN. The van der Waals surface area contributed by atoms with Gasteiger partial charge in [0.05, 0.1) is 0 Å². The Hall–Kier alpha value is -0.340. The zero-order valence-corrected chi connectivity index (χ0v) is 11.1. The van der Waals surface area contributed by atoms with E-state index in [0.717, 1.165) is 12.0 Å². The molecule has 0 heterocycles. The average Bonchev–Trinajstić information content (AvgIpc) is 3.11. The minimum Gasteiger partial charge on any atom is -0.314 e. The Labute approximate surface area is 106 Å². The molecule has 16 heavy (non-hydrogen) atoms. The minimum atomic E-state index is 0.840. The van der Waals surface area contributed by atoms with Gasteiger partial charge < -0.3 is 5.32 Å². The van der Waals surface area contributed by atoms with Crippen LogP contribution in [0.4, 0.5) is 0 Å². The van der Waals surface area contributed by atoms with Gasteiger partial charge in [-0.2, -0.15) is 0 Å².